The Morgan fingerprint density at radius 2 is 2.05 bits per heavy atom. The first-order valence-electron chi connectivity index (χ1n) is 12.3. The van der Waals surface area contributed by atoms with Crippen molar-refractivity contribution in [2.45, 2.75) is 38.8 Å². The van der Waals surface area contributed by atoms with Gasteiger partial charge < -0.3 is 9.64 Å². The standard InChI is InChI=1S/C26H30ClN7O3S/c1-26(2,3)37-25(36)32-12-13-33(22(35)16-32)21-15-34(31-23(21)18-6-8-19(27)9-7-18)24(30-17-28)29-11-10-20-5-4-14-38-20/h4-9,14,21H,10-13,15-16H2,1-3H3,(H,29,30). The summed E-state index contributed by atoms with van der Waals surface area (Å²) in [6, 6.07) is 10.9. The number of hydrogen-bond acceptors (Lipinski definition) is 7. The molecule has 1 saturated heterocycles. The van der Waals surface area contributed by atoms with E-state index in [-0.39, 0.29) is 12.5 Å². The first kappa shape index (κ1) is 27.4. The van der Waals surface area contributed by atoms with Gasteiger partial charge in [0.25, 0.3) is 0 Å². The zero-order valence-electron chi connectivity index (χ0n) is 21.6. The smallest absolute Gasteiger partial charge is 0.410 e. The molecule has 0 bridgehead atoms. The van der Waals surface area contributed by atoms with Gasteiger partial charge in [0.15, 0.2) is 6.19 Å². The molecule has 0 radical (unpaired) electrons. The fourth-order valence-electron chi connectivity index (χ4n) is 4.20. The molecule has 2 amide bonds. The Labute approximate surface area is 231 Å². The molecular weight excluding hydrogens is 526 g/mol. The highest BCUT2D eigenvalue weighted by Gasteiger charge is 2.40. The van der Waals surface area contributed by atoms with Crippen LogP contribution in [-0.2, 0) is 16.0 Å². The van der Waals surface area contributed by atoms with Gasteiger partial charge in [0.05, 0.1) is 18.3 Å². The first-order chi connectivity index (χ1) is 18.1. The molecule has 4 rings (SSSR count). The van der Waals surface area contributed by atoms with Crippen LogP contribution in [0, 0.1) is 11.5 Å². The molecule has 1 atom stereocenters. The lowest BCUT2D eigenvalue weighted by Gasteiger charge is -2.38. The highest BCUT2D eigenvalue weighted by molar-refractivity contribution is 7.09. The first-order valence-corrected chi connectivity index (χ1v) is 13.5. The van der Waals surface area contributed by atoms with E-state index < -0.39 is 17.7 Å². The predicted octanol–water partition coefficient (Wildman–Crippen LogP) is 3.54. The quantitative estimate of drug-likeness (QED) is 0.261. The van der Waals surface area contributed by atoms with E-state index in [4.69, 9.17) is 21.4 Å². The van der Waals surface area contributed by atoms with Gasteiger partial charge in [-0.1, -0.05) is 29.8 Å². The summed E-state index contributed by atoms with van der Waals surface area (Å²) < 4.78 is 5.45. The molecule has 10 nitrogen and oxygen atoms in total. The minimum Gasteiger partial charge on any atom is -0.444 e. The number of hydrazone groups is 1. The summed E-state index contributed by atoms with van der Waals surface area (Å²) in [5.41, 5.74) is 0.815. The van der Waals surface area contributed by atoms with Crippen LogP contribution in [0.15, 0.2) is 51.9 Å². The molecule has 200 valence electrons. The Morgan fingerprint density at radius 1 is 1.29 bits per heavy atom. The minimum atomic E-state index is -0.648. The zero-order chi connectivity index (χ0) is 27.3. The molecule has 0 spiro atoms. The number of guanidine groups is 1. The number of hydrogen-bond donors (Lipinski definition) is 1. The van der Waals surface area contributed by atoms with Crippen molar-refractivity contribution in [1.29, 1.82) is 5.26 Å². The molecule has 2 aliphatic rings. The lowest BCUT2D eigenvalue weighted by Crippen LogP contribution is -2.58. The van der Waals surface area contributed by atoms with Gasteiger partial charge in [-0.3, -0.25) is 20.0 Å². The van der Waals surface area contributed by atoms with Crippen molar-refractivity contribution >= 4 is 46.6 Å². The Hall–Kier alpha value is -3.62. The van der Waals surface area contributed by atoms with E-state index in [1.807, 2.05) is 35.8 Å². The molecule has 2 aromatic rings. The Morgan fingerprint density at radius 3 is 2.68 bits per heavy atom. The van der Waals surface area contributed by atoms with Crippen LogP contribution in [-0.4, -0.2) is 82.8 Å². The average Bonchev–Trinajstić information content (AvgIpc) is 3.53. The number of aliphatic imine (C=N–C) groups is 1. The number of ether oxygens (including phenoxy) is 1. The summed E-state index contributed by atoms with van der Waals surface area (Å²) in [4.78, 5) is 34.8. The lowest BCUT2D eigenvalue weighted by molar-refractivity contribution is -0.137. The van der Waals surface area contributed by atoms with E-state index in [0.717, 1.165) is 12.0 Å². The van der Waals surface area contributed by atoms with E-state index in [9.17, 15) is 14.9 Å². The van der Waals surface area contributed by atoms with Crippen LogP contribution >= 0.6 is 22.9 Å². The van der Waals surface area contributed by atoms with Crippen LogP contribution < -0.4 is 5.32 Å². The second kappa shape index (κ2) is 11.8. The zero-order valence-corrected chi connectivity index (χ0v) is 23.1. The van der Waals surface area contributed by atoms with Crippen molar-refractivity contribution < 1.29 is 14.3 Å². The Kier molecular flexibility index (Phi) is 8.54. The van der Waals surface area contributed by atoms with Crippen molar-refractivity contribution in [2.24, 2.45) is 10.1 Å². The maximum Gasteiger partial charge on any atom is 0.410 e. The number of nitrogens with zero attached hydrogens (tertiary/aromatic N) is 6. The SMILES string of the molecule is CC(C)(C)OC(=O)N1CCN(C2CN(C(=NCCc3cccs3)NC#N)N=C2c2ccc(Cl)cc2)C(=O)C1. The van der Waals surface area contributed by atoms with Gasteiger partial charge in [-0.05, 0) is 44.4 Å². The van der Waals surface area contributed by atoms with Crippen LogP contribution in [0.3, 0.4) is 0 Å². The summed E-state index contributed by atoms with van der Waals surface area (Å²) in [6.45, 7) is 6.73. The van der Waals surface area contributed by atoms with Crippen molar-refractivity contribution in [1.82, 2.24) is 20.1 Å². The number of piperazine rings is 1. The summed E-state index contributed by atoms with van der Waals surface area (Å²) in [6.07, 6.45) is 2.18. The van der Waals surface area contributed by atoms with Crippen LogP contribution in [0.25, 0.3) is 0 Å². The fraction of sp³-hybridized carbons (Fsp3) is 0.423. The van der Waals surface area contributed by atoms with Gasteiger partial charge in [-0.2, -0.15) is 10.4 Å². The van der Waals surface area contributed by atoms with Gasteiger partial charge in [-0.25, -0.2) is 9.80 Å². The molecular formula is C26H30ClN7O3S. The minimum absolute atomic E-state index is 0.0858. The highest BCUT2D eigenvalue weighted by atomic mass is 35.5. The summed E-state index contributed by atoms with van der Waals surface area (Å²) >= 11 is 7.77. The molecule has 1 unspecified atom stereocenters. The van der Waals surface area contributed by atoms with Crippen molar-refractivity contribution in [3.63, 3.8) is 0 Å². The second-order valence-corrected chi connectivity index (χ2v) is 11.3. The van der Waals surface area contributed by atoms with E-state index in [2.05, 4.69) is 10.3 Å². The van der Waals surface area contributed by atoms with Crippen molar-refractivity contribution in [2.75, 3.05) is 32.7 Å². The number of carbonyl (C=O) groups is 2. The van der Waals surface area contributed by atoms with E-state index in [1.54, 1.807) is 54.1 Å². The third kappa shape index (κ3) is 6.82. The molecule has 1 aromatic carbocycles. The number of nitriles is 1. The maximum absolute atomic E-state index is 13.3. The normalized spacial score (nSPS) is 18.3. The number of halogens is 1. The van der Waals surface area contributed by atoms with Gasteiger partial charge >= 0.3 is 6.09 Å². The van der Waals surface area contributed by atoms with Crippen LogP contribution in [0.4, 0.5) is 4.79 Å². The topological polar surface area (TPSA) is 114 Å². The van der Waals surface area contributed by atoms with Gasteiger partial charge in [0, 0.05) is 41.5 Å². The molecule has 1 N–H and O–H groups in total. The van der Waals surface area contributed by atoms with E-state index in [1.165, 1.54) is 9.78 Å². The Bertz CT molecular complexity index is 1250. The third-order valence-electron chi connectivity index (χ3n) is 5.93. The number of amides is 2. The number of carbonyl (C=O) groups excluding carboxylic acids is 2. The van der Waals surface area contributed by atoms with Crippen molar-refractivity contribution in [3.8, 4) is 6.19 Å². The van der Waals surface area contributed by atoms with E-state index in [0.29, 0.717) is 42.9 Å². The largest absolute Gasteiger partial charge is 0.444 e. The maximum atomic E-state index is 13.3. The monoisotopic (exact) mass is 555 g/mol. The summed E-state index contributed by atoms with van der Waals surface area (Å²) in [5, 5.41) is 21.0. The van der Waals surface area contributed by atoms with Gasteiger partial charge in [-0.15, -0.1) is 11.3 Å². The van der Waals surface area contributed by atoms with Crippen LogP contribution in [0.5, 0.6) is 0 Å². The molecule has 0 aliphatic carbocycles. The Balaban J connectivity index is 1.55. The van der Waals surface area contributed by atoms with E-state index >= 15 is 0 Å². The molecule has 1 aromatic heterocycles. The summed E-state index contributed by atoms with van der Waals surface area (Å²) in [5.74, 6) is 0.109. The molecule has 2 aliphatic heterocycles. The van der Waals surface area contributed by atoms with Crippen molar-refractivity contribution in [3.05, 3.63) is 57.2 Å². The molecule has 38 heavy (non-hydrogen) atoms. The summed E-state index contributed by atoms with van der Waals surface area (Å²) in [7, 11) is 0. The molecule has 1 fully saturated rings. The molecule has 3 heterocycles. The number of benzene rings is 1. The third-order valence-corrected chi connectivity index (χ3v) is 7.12. The fourth-order valence-corrected chi connectivity index (χ4v) is 5.02. The molecule has 0 saturated carbocycles. The number of thiophene rings is 1. The second-order valence-electron chi connectivity index (χ2n) is 9.85. The number of rotatable bonds is 5. The number of nitrogens with one attached hydrogen (secondary N) is 1. The molecule has 12 heteroatoms. The van der Waals surface area contributed by atoms with Crippen LogP contribution in [0.1, 0.15) is 31.2 Å². The highest BCUT2D eigenvalue weighted by Crippen LogP contribution is 2.23. The van der Waals surface area contributed by atoms with Crippen LogP contribution in [0.2, 0.25) is 5.02 Å². The lowest BCUT2D eigenvalue weighted by atomic mass is 10.0. The average molecular weight is 556 g/mol. The van der Waals surface area contributed by atoms with Gasteiger partial charge in [0.1, 0.15) is 12.1 Å². The predicted molar refractivity (Wildman–Crippen MR) is 147 cm³/mol. The van der Waals surface area contributed by atoms with Gasteiger partial charge in [0.2, 0.25) is 11.9 Å².